The van der Waals surface area contributed by atoms with Crippen molar-refractivity contribution < 1.29 is 15.0 Å². The molecule has 5 N–H and O–H groups in total. The average Bonchev–Trinajstić information content (AvgIpc) is 2.88. The first kappa shape index (κ1) is 27.4. The van der Waals surface area contributed by atoms with Crippen LogP contribution in [-0.2, 0) is 24.2 Å². The molecule has 1 heterocycles. The second-order valence-corrected chi connectivity index (χ2v) is 10.1. The Labute approximate surface area is 226 Å². The number of nitrogens with one attached hydrogen (secondary N) is 3. The molecule has 1 aromatic heterocycles. The van der Waals surface area contributed by atoms with Gasteiger partial charge in [0.1, 0.15) is 5.75 Å². The Morgan fingerprint density at radius 1 is 1.03 bits per heavy atom. The number of H-pyrrole nitrogens is 1. The van der Waals surface area contributed by atoms with E-state index in [1.165, 1.54) is 12.1 Å². The minimum absolute atomic E-state index is 0.0388. The lowest BCUT2D eigenvalue weighted by Gasteiger charge is -2.19. The van der Waals surface area contributed by atoms with Gasteiger partial charge in [0.15, 0.2) is 0 Å². The topological polar surface area (TPSA) is 114 Å². The van der Waals surface area contributed by atoms with Gasteiger partial charge in [0.25, 0.3) is 0 Å². The fourth-order valence-electron chi connectivity index (χ4n) is 4.46. The van der Waals surface area contributed by atoms with E-state index < -0.39 is 6.10 Å². The molecule has 4 aromatic rings. The molecule has 0 saturated heterocycles. The highest BCUT2D eigenvalue weighted by Gasteiger charge is 2.15. The number of aromatic amines is 1. The zero-order valence-corrected chi connectivity index (χ0v) is 22.2. The van der Waals surface area contributed by atoms with Crippen molar-refractivity contribution in [2.45, 2.75) is 45.4 Å². The summed E-state index contributed by atoms with van der Waals surface area (Å²) in [5.41, 5.74) is 4.59. The number of carbonyl (C=O) groups is 1. The van der Waals surface area contributed by atoms with Crippen LogP contribution in [0.1, 0.15) is 40.8 Å². The van der Waals surface area contributed by atoms with E-state index in [2.05, 4.69) is 15.6 Å². The van der Waals surface area contributed by atoms with Gasteiger partial charge in [-0.15, -0.1) is 0 Å². The van der Waals surface area contributed by atoms with E-state index in [9.17, 15) is 19.8 Å². The van der Waals surface area contributed by atoms with E-state index in [1.807, 2.05) is 56.3 Å². The number of aryl methyl sites for hydroxylation is 1. The number of hydrogen-bond acceptors (Lipinski definition) is 5. The van der Waals surface area contributed by atoms with E-state index in [0.29, 0.717) is 41.0 Å². The standard InChI is InChI=1S/C30H32ClN3O4/c1-18-6-7-22(14-25(18)31)16-33-29(38)15-21-5-3-4-20(13-21)12-19(2)32-17-27(36)23-8-10-26(35)30-24(23)9-11-28(37)34-30/h3-11,13-14,19,27,32,35-36H,12,15-17H2,1-2H3,(H,33,38)(H,34,37)/t19-,27-/m1/s1. The number of carbonyl (C=O) groups excluding carboxylic acids is 1. The molecule has 0 fully saturated rings. The second kappa shape index (κ2) is 12.3. The number of aliphatic hydroxyl groups excluding tert-OH is 1. The minimum atomic E-state index is -0.829. The molecule has 4 rings (SSSR count). The molecule has 7 nitrogen and oxygen atoms in total. The molecule has 8 heteroatoms. The van der Waals surface area contributed by atoms with Crippen molar-refractivity contribution in [2.75, 3.05) is 6.54 Å². The van der Waals surface area contributed by atoms with Crippen LogP contribution in [0.3, 0.4) is 0 Å². The number of phenolic OH excluding ortho intramolecular Hbond substituents is 1. The highest BCUT2D eigenvalue weighted by molar-refractivity contribution is 6.31. The predicted octanol–water partition coefficient (Wildman–Crippen LogP) is 4.31. The molecule has 1 amide bonds. The lowest BCUT2D eigenvalue weighted by Crippen LogP contribution is -2.32. The van der Waals surface area contributed by atoms with Crippen LogP contribution in [0, 0.1) is 6.92 Å². The quantitative estimate of drug-likeness (QED) is 0.208. The number of aromatic nitrogens is 1. The molecule has 38 heavy (non-hydrogen) atoms. The van der Waals surface area contributed by atoms with Crippen LogP contribution in [-0.4, -0.2) is 33.7 Å². The smallest absolute Gasteiger partial charge is 0.248 e. The normalized spacial score (nSPS) is 12.8. The van der Waals surface area contributed by atoms with E-state index in [-0.39, 0.29) is 29.7 Å². The van der Waals surface area contributed by atoms with Crippen LogP contribution < -0.4 is 16.2 Å². The largest absolute Gasteiger partial charge is 0.506 e. The Kier molecular flexibility index (Phi) is 8.84. The monoisotopic (exact) mass is 533 g/mol. The Hall–Kier alpha value is -3.65. The van der Waals surface area contributed by atoms with Gasteiger partial charge in [-0.2, -0.15) is 0 Å². The second-order valence-electron chi connectivity index (χ2n) is 9.67. The van der Waals surface area contributed by atoms with Crippen molar-refractivity contribution in [2.24, 2.45) is 0 Å². The molecule has 0 aliphatic carbocycles. The molecule has 0 radical (unpaired) electrons. The molecule has 0 bridgehead atoms. The summed E-state index contributed by atoms with van der Waals surface area (Å²) in [4.78, 5) is 26.7. The molecular weight excluding hydrogens is 502 g/mol. The van der Waals surface area contributed by atoms with Gasteiger partial charge in [0.05, 0.1) is 18.0 Å². The Morgan fingerprint density at radius 2 is 1.82 bits per heavy atom. The summed E-state index contributed by atoms with van der Waals surface area (Å²) in [5.74, 6) is -0.0984. The summed E-state index contributed by atoms with van der Waals surface area (Å²) in [5, 5.41) is 28.5. The Balaban J connectivity index is 1.30. The van der Waals surface area contributed by atoms with E-state index in [4.69, 9.17) is 11.6 Å². The first-order chi connectivity index (χ1) is 18.2. The summed E-state index contributed by atoms with van der Waals surface area (Å²) >= 11 is 6.17. The van der Waals surface area contributed by atoms with Gasteiger partial charge in [-0.05, 0) is 66.3 Å². The summed E-state index contributed by atoms with van der Waals surface area (Å²) < 4.78 is 0. The number of phenols is 1. The van der Waals surface area contributed by atoms with Crippen molar-refractivity contribution in [3.8, 4) is 5.75 Å². The number of rotatable bonds is 10. The molecule has 0 unspecified atom stereocenters. The summed E-state index contributed by atoms with van der Waals surface area (Å²) in [6, 6.07) is 19.9. The predicted molar refractivity (Wildman–Crippen MR) is 151 cm³/mol. The van der Waals surface area contributed by atoms with Crippen LogP contribution in [0.5, 0.6) is 5.75 Å². The Bertz CT molecular complexity index is 1500. The molecule has 2 atom stereocenters. The van der Waals surface area contributed by atoms with Crippen molar-refractivity contribution in [3.63, 3.8) is 0 Å². The maximum Gasteiger partial charge on any atom is 0.248 e. The molecule has 0 spiro atoms. The van der Waals surface area contributed by atoms with Gasteiger partial charge in [-0.25, -0.2) is 0 Å². The average molecular weight is 534 g/mol. The highest BCUT2D eigenvalue weighted by atomic mass is 35.5. The first-order valence-electron chi connectivity index (χ1n) is 12.6. The van der Waals surface area contributed by atoms with Crippen LogP contribution in [0.25, 0.3) is 10.9 Å². The minimum Gasteiger partial charge on any atom is -0.506 e. The van der Waals surface area contributed by atoms with Crippen LogP contribution >= 0.6 is 11.6 Å². The van der Waals surface area contributed by atoms with E-state index in [0.717, 1.165) is 22.3 Å². The highest BCUT2D eigenvalue weighted by Crippen LogP contribution is 2.28. The van der Waals surface area contributed by atoms with Gasteiger partial charge < -0.3 is 25.8 Å². The lowest BCUT2D eigenvalue weighted by molar-refractivity contribution is -0.120. The zero-order valence-electron chi connectivity index (χ0n) is 21.4. The van der Waals surface area contributed by atoms with Gasteiger partial charge in [-0.1, -0.05) is 54.1 Å². The SMILES string of the molecule is Cc1ccc(CNC(=O)Cc2cccc(C[C@@H](C)NC[C@@H](O)c3ccc(O)c4[nH]c(=O)ccc34)c2)cc1Cl. The van der Waals surface area contributed by atoms with Crippen LogP contribution in [0.15, 0.2) is 71.5 Å². The van der Waals surface area contributed by atoms with Gasteiger partial charge in [0.2, 0.25) is 11.5 Å². The van der Waals surface area contributed by atoms with Crippen molar-refractivity contribution >= 4 is 28.4 Å². The number of benzene rings is 3. The molecule has 0 aliphatic heterocycles. The van der Waals surface area contributed by atoms with Crippen molar-refractivity contribution in [1.82, 2.24) is 15.6 Å². The van der Waals surface area contributed by atoms with Gasteiger partial charge in [-0.3, -0.25) is 9.59 Å². The van der Waals surface area contributed by atoms with Crippen molar-refractivity contribution in [3.05, 3.63) is 110 Å². The fraction of sp³-hybridized carbons (Fsp3) is 0.267. The van der Waals surface area contributed by atoms with E-state index in [1.54, 1.807) is 12.1 Å². The first-order valence-corrected chi connectivity index (χ1v) is 12.9. The molecule has 0 aliphatic rings. The summed E-state index contributed by atoms with van der Waals surface area (Å²) in [7, 11) is 0. The summed E-state index contributed by atoms with van der Waals surface area (Å²) in [6.07, 6.45) is 0.169. The van der Waals surface area contributed by atoms with Crippen molar-refractivity contribution in [1.29, 1.82) is 0 Å². The Morgan fingerprint density at radius 3 is 2.61 bits per heavy atom. The van der Waals surface area contributed by atoms with E-state index >= 15 is 0 Å². The van der Waals surface area contributed by atoms with Gasteiger partial charge in [0, 0.05) is 35.6 Å². The molecule has 198 valence electrons. The van der Waals surface area contributed by atoms with Crippen LogP contribution in [0.2, 0.25) is 5.02 Å². The summed E-state index contributed by atoms with van der Waals surface area (Å²) in [6.45, 7) is 4.70. The number of aromatic hydroxyl groups is 1. The number of halogens is 1. The third-order valence-corrected chi connectivity index (χ3v) is 6.96. The number of pyridine rings is 1. The van der Waals surface area contributed by atoms with Crippen LogP contribution in [0.4, 0.5) is 0 Å². The number of hydrogen-bond donors (Lipinski definition) is 5. The third-order valence-electron chi connectivity index (χ3n) is 6.55. The molecular formula is C30H32ClN3O4. The van der Waals surface area contributed by atoms with Gasteiger partial charge >= 0.3 is 0 Å². The zero-order chi connectivity index (χ0) is 27.2. The maximum absolute atomic E-state index is 12.5. The molecule has 3 aromatic carbocycles. The number of amides is 1. The maximum atomic E-state index is 12.5. The molecule has 0 saturated carbocycles. The number of fused-ring (bicyclic) bond motifs is 1. The third kappa shape index (κ3) is 7.01. The fourth-order valence-corrected chi connectivity index (χ4v) is 4.66. The number of aliphatic hydroxyl groups is 1. The lowest BCUT2D eigenvalue weighted by atomic mass is 10.0.